The summed E-state index contributed by atoms with van der Waals surface area (Å²) in [5.74, 6) is 0.271. The average molecular weight is 272 g/mol. The summed E-state index contributed by atoms with van der Waals surface area (Å²) in [7, 11) is 0. The van der Waals surface area contributed by atoms with Crippen molar-refractivity contribution in [2.75, 3.05) is 5.73 Å². The van der Waals surface area contributed by atoms with Gasteiger partial charge in [-0.15, -0.1) is 6.58 Å². The van der Waals surface area contributed by atoms with Gasteiger partial charge in [0.25, 0.3) is 5.69 Å². The fraction of sp³-hybridized carbons (Fsp3) is 0.0714. The Bertz CT molecular complexity index is 734. The molecule has 0 saturated heterocycles. The molecule has 2 aromatic rings. The summed E-state index contributed by atoms with van der Waals surface area (Å²) in [6.07, 6.45) is 2.96. The largest absolute Gasteiger partial charge is 0.462 e. The summed E-state index contributed by atoms with van der Waals surface area (Å²) < 4.78 is 5.35. The molecule has 0 spiro atoms. The Morgan fingerprint density at radius 1 is 1.45 bits per heavy atom. The fourth-order valence-electron chi connectivity index (χ4n) is 1.86. The van der Waals surface area contributed by atoms with Crippen molar-refractivity contribution >= 4 is 11.4 Å². The first kappa shape index (κ1) is 13.5. The summed E-state index contributed by atoms with van der Waals surface area (Å²) in [5, 5.41) is 10.8. The molecule has 0 radical (unpaired) electrons. The van der Waals surface area contributed by atoms with Gasteiger partial charge in [0.15, 0.2) is 0 Å². The third kappa shape index (κ3) is 2.44. The van der Waals surface area contributed by atoms with Crippen molar-refractivity contribution in [1.29, 1.82) is 0 Å². The molecule has 1 heterocycles. The number of anilines is 1. The van der Waals surface area contributed by atoms with Crippen LogP contribution in [0.15, 0.2) is 52.4 Å². The number of allylic oxidation sites excluding steroid dienone is 1. The number of nitro benzene ring substituents is 1. The standard InChI is InChI=1S/C14H12N2O4/c1-2-4-11-13(17)12(15)8-20-14(11)9-5-3-6-10(7-9)16(18)19/h2-3,5-8H,1,4,15H2. The molecule has 1 aromatic heterocycles. The number of benzene rings is 1. The van der Waals surface area contributed by atoms with Crippen LogP contribution in [-0.2, 0) is 6.42 Å². The number of nitrogens with zero attached hydrogens (tertiary/aromatic N) is 1. The average Bonchev–Trinajstić information content (AvgIpc) is 2.44. The highest BCUT2D eigenvalue weighted by Gasteiger charge is 2.15. The third-order valence-electron chi connectivity index (χ3n) is 2.78. The van der Waals surface area contributed by atoms with Gasteiger partial charge in [0.2, 0.25) is 5.43 Å². The van der Waals surface area contributed by atoms with E-state index < -0.39 is 4.92 Å². The number of hydrogen-bond donors (Lipinski definition) is 1. The molecule has 2 N–H and O–H groups in total. The molecule has 2 rings (SSSR count). The van der Waals surface area contributed by atoms with E-state index in [4.69, 9.17) is 10.2 Å². The number of hydrogen-bond acceptors (Lipinski definition) is 5. The minimum atomic E-state index is -0.508. The summed E-state index contributed by atoms with van der Waals surface area (Å²) in [4.78, 5) is 22.3. The smallest absolute Gasteiger partial charge is 0.270 e. The second kappa shape index (κ2) is 5.40. The van der Waals surface area contributed by atoms with Crippen molar-refractivity contribution < 1.29 is 9.34 Å². The van der Waals surface area contributed by atoms with E-state index in [9.17, 15) is 14.9 Å². The first-order valence-corrected chi connectivity index (χ1v) is 5.80. The van der Waals surface area contributed by atoms with Crippen molar-refractivity contribution in [2.24, 2.45) is 0 Å². The Hall–Kier alpha value is -2.89. The molecular weight excluding hydrogens is 260 g/mol. The first-order chi connectivity index (χ1) is 9.54. The zero-order chi connectivity index (χ0) is 14.7. The van der Waals surface area contributed by atoms with Crippen LogP contribution in [0, 0.1) is 10.1 Å². The molecule has 1 aromatic carbocycles. The highest BCUT2D eigenvalue weighted by Crippen LogP contribution is 2.26. The highest BCUT2D eigenvalue weighted by atomic mass is 16.6. The molecule has 20 heavy (non-hydrogen) atoms. The van der Waals surface area contributed by atoms with Crippen LogP contribution in [0.25, 0.3) is 11.3 Å². The van der Waals surface area contributed by atoms with Gasteiger partial charge < -0.3 is 10.2 Å². The maximum absolute atomic E-state index is 12.0. The monoisotopic (exact) mass is 272 g/mol. The SMILES string of the molecule is C=CCc1c(-c2cccc([N+](=O)[O-])c2)occ(N)c1=O. The second-order valence-corrected chi connectivity index (χ2v) is 4.13. The predicted molar refractivity (Wildman–Crippen MR) is 75.4 cm³/mol. The van der Waals surface area contributed by atoms with E-state index in [1.54, 1.807) is 12.1 Å². The van der Waals surface area contributed by atoms with Crippen molar-refractivity contribution in [2.45, 2.75) is 6.42 Å². The topological polar surface area (TPSA) is 99.4 Å². The van der Waals surface area contributed by atoms with Gasteiger partial charge in [-0.05, 0) is 6.42 Å². The maximum atomic E-state index is 12.0. The van der Waals surface area contributed by atoms with Crippen molar-refractivity contribution in [1.82, 2.24) is 0 Å². The molecule has 0 aliphatic carbocycles. The Morgan fingerprint density at radius 3 is 2.85 bits per heavy atom. The van der Waals surface area contributed by atoms with Gasteiger partial charge in [-0.2, -0.15) is 0 Å². The van der Waals surface area contributed by atoms with E-state index in [0.29, 0.717) is 11.1 Å². The number of nitro groups is 1. The lowest BCUT2D eigenvalue weighted by Crippen LogP contribution is -2.14. The molecule has 0 atom stereocenters. The normalized spacial score (nSPS) is 10.2. The molecule has 0 amide bonds. The van der Waals surface area contributed by atoms with Gasteiger partial charge in [0.1, 0.15) is 17.7 Å². The van der Waals surface area contributed by atoms with Crippen LogP contribution < -0.4 is 11.2 Å². The molecule has 102 valence electrons. The molecule has 0 saturated carbocycles. The van der Waals surface area contributed by atoms with Crippen LogP contribution in [-0.4, -0.2) is 4.92 Å². The van der Waals surface area contributed by atoms with Crippen molar-refractivity contribution in [3.8, 4) is 11.3 Å². The summed E-state index contributed by atoms with van der Waals surface area (Å²) in [6.45, 7) is 3.58. The Labute approximate surface area is 114 Å². The number of nitrogen functional groups attached to an aromatic ring is 1. The van der Waals surface area contributed by atoms with Crippen LogP contribution >= 0.6 is 0 Å². The second-order valence-electron chi connectivity index (χ2n) is 4.13. The summed E-state index contributed by atoms with van der Waals surface area (Å²) in [5.41, 5.74) is 5.88. The minimum absolute atomic E-state index is 0.00368. The van der Waals surface area contributed by atoms with Gasteiger partial charge in [0, 0.05) is 23.3 Å². The van der Waals surface area contributed by atoms with Gasteiger partial charge in [0.05, 0.1) is 4.92 Å². The molecule has 6 heteroatoms. The first-order valence-electron chi connectivity index (χ1n) is 5.80. The van der Waals surface area contributed by atoms with E-state index in [0.717, 1.165) is 6.26 Å². The fourth-order valence-corrected chi connectivity index (χ4v) is 1.86. The van der Waals surface area contributed by atoms with E-state index in [2.05, 4.69) is 6.58 Å². The van der Waals surface area contributed by atoms with E-state index in [1.165, 1.54) is 18.2 Å². The zero-order valence-electron chi connectivity index (χ0n) is 10.5. The molecular formula is C14H12N2O4. The van der Waals surface area contributed by atoms with Crippen molar-refractivity contribution in [3.63, 3.8) is 0 Å². The maximum Gasteiger partial charge on any atom is 0.270 e. The molecule has 0 fully saturated rings. The number of rotatable bonds is 4. The zero-order valence-corrected chi connectivity index (χ0v) is 10.5. The Balaban J connectivity index is 2.66. The number of nitrogens with two attached hydrogens (primary N) is 1. The Kier molecular flexibility index (Phi) is 3.65. The lowest BCUT2D eigenvalue weighted by atomic mass is 10.0. The minimum Gasteiger partial charge on any atom is -0.462 e. The lowest BCUT2D eigenvalue weighted by Gasteiger charge is -2.07. The molecule has 0 aliphatic rings. The molecule has 6 nitrogen and oxygen atoms in total. The van der Waals surface area contributed by atoms with Crippen LogP contribution in [0.3, 0.4) is 0 Å². The van der Waals surface area contributed by atoms with Crippen molar-refractivity contribution in [3.05, 3.63) is 69.1 Å². The van der Waals surface area contributed by atoms with Gasteiger partial charge >= 0.3 is 0 Å². The molecule has 0 unspecified atom stereocenters. The lowest BCUT2D eigenvalue weighted by molar-refractivity contribution is -0.384. The van der Waals surface area contributed by atoms with Crippen LogP contribution in [0.4, 0.5) is 11.4 Å². The van der Waals surface area contributed by atoms with E-state index in [-0.39, 0.29) is 29.0 Å². The van der Waals surface area contributed by atoms with E-state index in [1.807, 2.05) is 0 Å². The third-order valence-corrected chi connectivity index (χ3v) is 2.78. The Morgan fingerprint density at radius 2 is 2.20 bits per heavy atom. The van der Waals surface area contributed by atoms with E-state index >= 15 is 0 Å². The van der Waals surface area contributed by atoms with Crippen LogP contribution in [0.2, 0.25) is 0 Å². The van der Waals surface area contributed by atoms with Crippen LogP contribution in [0.5, 0.6) is 0 Å². The predicted octanol–water partition coefficient (Wildman–Crippen LogP) is 2.53. The summed E-state index contributed by atoms with van der Waals surface area (Å²) >= 11 is 0. The highest BCUT2D eigenvalue weighted by molar-refractivity contribution is 5.65. The van der Waals surface area contributed by atoms with Gasteiger partial charge in [-0.3, -0.25) is 14.9 Å². The quantitative estimate of drug-likeness (QED) is 0.523. The van der Waals surface area contributed by atoms with Crippen LogP contribution in [0.1, 0.15) is 5.56 Å². The summed E-state index contributed by atoms with van der Waals surface area (Å²) in [6, 6.07) is 5.88. The number of non-ortho nitro benzene ring substituents is 1. The molecule has 0 bridgehead atoms. The van der Waals surface area contributed by atoms with Gasteiger partial charge in [-0.1, -0.05) is 18.2 Å². The van der Waals surface area contributed by atoms with Gasteiger partial charge in [-0.25, -0.2) is 0 Å². The molecule has 0 aliphatic heterocycles.